The van der Waals surface area contributed by atoms with Crippen molar-refractivity contribution in [2.75, 3.05) is 51.2 Å². The van der Waals surface area contributed by atoms with E-state index in [1.165, 1.54) is 0 Å². The molecule has 2 atom stereocenters. The van der Waals surface area contributed by atoms with Crippen LogP contribution in [0.2, 0.25) is 0 Å². The van der Waals surface area contributed by atoms with E-state index in [0.717, 1.165) is 25.7 Å². The zero-order valence-electron chi connectivity index (χ0n) is 16.6. The first kappa shape index (κ1) is 23.5. The minimum absolute atomic E-state index is 0.112. The molecule has 0 aliphatic rings. The highest BCUT2D eigenvalue weighted by Gasteiger charge is 2.12. The van der Waals surface area contributed by atoms with Crippen molar-refractivity contribution in [3.63, 3.8) is 0 Å². The monoisotopic (exact) mass is 384 g/mol. The fourth-order valence-electron chi connectivity index (χ4n) is 2.78. The quantitative estimate of drug-likeness (QED) is 0.220. The van der Waals surface area contributed by atoms with E-state index in [4.69, 9.17) is 9.47 Å². The van der Waals surface area contributed by atoms with E-state index in [-0.39, 0.29) is 5.75 Å². The number of rotatable bonds is 16. The maximum Gasteiger partial charge on any atom is 0.140 e. The molecule has 0 aliphatic carbocycles. The Balaban J connectivity index is 2.44. The van der Waals surface area contributed by atoms with E-state index in [1.54, 1.807) is 26.4 Å². The standard InChI is InChI=1S/C20H36N2O5/c1-26-12-5-3-8-16(23)14-21-18-10-7-11-19(25)20(18)22-15-17(24)9-4-6-13-27-2/h7,10-11,16-17,21-25H,3-6,8-9,12-15H2,1-2H3. The molecule has 0 spiro atoms. The lowest BCUT2D eigenvalue weighted by Gasteiger charge is -2.19. The van der Waals surface area contributed by atoms with Crippen LogP contribution in [0, 0.1) is 0 Å². The maximum atomic E-state index is 10.1. The molecule has 0 amide bonds. The Labute approximate surface area is 162 Å². The van der Waals surface area contributed by atoms with Gasteiger partial charge in [-0.05, 0) is 50.7 Å². The summed E-state index contributed by atoms with van der Waals surface area (Å²) < 4.78 is 10.0. The van der Waals surface area contributed by atoms with Gasteiger partial charge in [0.15, 0.2) is 0 Å². The van der Waals surface area contributed by atoms with Crippen LogP contribution in [-0.4, -0.2) is 68.1 Å². The molecule has 0 saturated heterocycles. The van der Waals surface area contributed by atoms with Crippen LogP contribution in [0.25, 0.3) is 0 Å². The van der Waals surface area contributed by atoms with Crippen LogP contribution in [0.1, 0.15) is 38.5 Å². The van der Waals surface area contributed by atoms with Crippen molar-refractivity contribution in [2.24, 2.45) is 0 Å². The summed E-state index contributed by atoms with van der Waals surface area (Å²) in [5.41, 5.74) is 1.25. The van der Waals surface area contributed by atoms with Gasteiger partial charge in [0.2, 0.25) is 0 Å². The SMILES string of the molecule is COCCCCC(O)CNc1cccc(O)c1NCC(O)CCCCOC. The number of hydrogen-bond donors (Lipinski definition) is 5. The Morgan fingerprint density at radius 2 is 1.41 bits per heavy atom. The average Bonchev–Trinajstić information content (AvgIpc) is 2.66. The van der Waals surface area contributed by atoms with E-state index in [2.05, 4.69) is 10.6 Å². The van der Waals surface area contributed by atoms with Gasteiger partial charge in [0.05, 0.1) is 17.9 Å². The fraction of sp³-hybridized carbons (Fsp3) is 0.700. The van der Waals surface area contributed by atoms with Gasteiger partial charge in [0.25, 0.3) is 0 Å². The predicted octanol–water partition coefficient (Wildman–Crippen LogP) is 2.57. The van der Waals surface area contributed by atoms with Crippen LogP contribution >= 0.6 is 0 Å². The lowest BCUT2D eigenvalue weighted by atomic mass is 10.1. The molecular weight excluding hydrogens is 348 g/mol. The minimum atomic E-state index is -0.499. The summed E-state index contributed by atoms with van der Waals surface area (Å²) in [7, 11) is 3.34. The van der Waals surface area contributed by atoms with E-state index < -0.39 is 12.2 Å². The van der Waals surface area contributed by atoms with Gasteiger partial charge >= 0.3 is 0 Å². The summed E-state index contributed by atoms with van der Waals surface area (Å²) in [6.45, 7) is 2.14. The number of methoxy groups -OCH3 is 2. The topological polar surface area (TPSA) is 103 Å². The molecule has 0 radical (unpaired) electrons. The fourth-order valence-corrected chi connectivity index (χ4v) is 2.78. The summed E-state index contributed by atoms with van der Waals surface area (Å²) in [6.07, 6.45) is 4.03. The molecule has 7 nitrogen and oxygen atoms in total. The second-order valence-electron chi connectivity index (χ2n) is 6.75. The molecule has 2 unspecified atom stereocenters. The molecule has 0 aliphatic heterocycles. The molecule has 1 aromatic rings. The third-order valence-corrected chi connectivity index (χ3v) is 4.36. The molecule has 7 heteroatoms. The van der Waals surface area contributed by atoms with Crippen molar-refractivity contribution in [3.05, 3.63) is 18.2 Å². The Bertz CT molecular complexity index is 501. The highest BCUT2D eigenvalue weighted by atomic mass is 16.5. The van der Waals surface area contributed by atoms with Gasteiger partial charge in [-0.15, -0.1) is 0 Å². The van der Waals surface area contributed by atoms with Crippen molar-refractivity contribution in [3.8, 4) is 5.75 Å². The zero-order valence-corrected chi connectivity index (χ0v) is 16.6. The highest BCUT2D eigenvalue weighted by molar-refractivity contribution is 5.75. The molecule has 1 rings (SSSR count). The number of phenols is 1. The number of benzene rings is 1. The Morgan fingerprint density at radius 1 is 0.852 bits per heavy atom. The van der Waals surface area contributed by atoms with E-state index in [0.29, 0.717) is 50.5 Å². The molecular formula is C20H36N2O5. The van der Waals surface area contributed by atoms with Gasteiger partial charge in [-0.25, -0.2) is 0 Å². The molecule has 156 valence electrons. The van der Waals surface area contributed by atoms with Crippen molar-refractivity contribution in [1.82, 2.24) is 0 Å². The van der Waals surface area contributed by atoms with Gasteiger partial charge in [-0.3, -0.25) is 0 Å². The van der Waals surface area contributed by atoms with E-state index in [9.17, 15) is 15.3 Å². The number of nitrogens with one attached hydrogen (secondary N) is 2. The lowest BCUT2D eigenvalue weighted by Crippen LogP contribution is -2.22. The van der Waals surface area contributed by atoms with Gasteiger partial charge in [-0.2, -0.15) is 0 Å². The van der Waals surface area contributed by atoms with E-state index in [1.807, 2.05) is 6.07 Å². The zero-order chi connectivity index (χ0) is 19.9. The predicted molar refractivity (Wildman–Crippen MR) is 109 cm³/mol. The van der Waals surface area contributed by atoms with Crippen LogP contribution in [0.15, 0.2) is 18.2 Å². The van der Waals surface area contributed by atoms with Crippen molar-refractivity contribution >= 4 is 11.4 Å². The number of aliphatic hydroxyl groups excluding tert-OH is 2. The third kappa shape index (κ3) is 10.4. The van der Waals surface area contributed by atoms with Gasteiger partial charge in [0.1, 0.15) is 11.4 Å². The second-order valence-corrected chi connectivity index (χ2v) is 6.75. The molecule has 0 saturated carbocycles. The number of aromatic hydroxyl groups is 1. The Morgan fingerprint density at radius 3 is 1.96 bits per heavy atom. The summed E-state index contributed by atoms with van der Waals surface area (Å²) in [6, 6.07) is 5.18. The van der Waals surface area contributed by atoms with Crippen LogP contribution in [0.5, 0.6) is 5.75 Å². The lowest BCUT2D eigenvalue weighted by molar-refractivity contribution is 0.157. The largest absolute Gasteiger partial charge is 0.506 e. The van der Waals surface area contributed by atoms with Gasteiger partial charge in [-0.1, -0.05) is 6.07 Å². The Kier molecular flexibility index (Phi) is 12.6. The first-order valence-corrected chi connectivity index (χ1v) is 9.72. The number of para-hydroxylation sites is 1. The van der Waals surface area contributed by atoms with Crippen LogP contribution < -0.4 is 10.6 Å². The highest BCUT2D eigenvalue weighted by Crippen LogP contribution is 2.31. The molecule has 0 bridgehead atoms. The third-order valence-electron chi connectivity index (χ3n) is 4.36. The number of unbranched alkanes of at least 4 members (excludes halogenated alkanes) is 2. The van der Waals surface area contributed by atoms with Gasteiger partial charge in [0, 0.05) is 40.5 Å². The smallest absolute Gasteiger partial charge is 0.140 e. The van der Waals surface area contributed by atoms with Crippen molar-refractivity contribution < 1.29 is 24.8 Å². The first-order valence-electron chi connectivity index (χ1n) is 9.72. The van der Waals surface area contributed by atoms with Gasteiger partial charge < -0.3 is 35.4 Å². The van der Waals surface area contributed by atoms with Crippen molar-refractivity contribution in [2.45, 2.75) is 50.7 Å². The maximum absolute atomic E-state index is 10.1. The number of aliphatic hydroxyl groups is 2. The molecule has 0 fully saturated rings. The first-order chi connectivity index (χ1) is 13.1. The van der Waals surface area contributed by atoms with Crippen LogP contribution in [0.3, 0.4) is 0 Å². The molecule has 27 heavy (non-hydrogen) atoms. The summed E-state index contributed by atoms with van der Waals surface area (Å²) >= 11 is 0. The number of hydrogen-bond acceptors (Lipinski definition) is 7. The Hall–Kier alpha value is -1.54. The summed E-state index contributed by atoms with van der Waals surface area (Å²) in [4.78, 5) is 0. The second kappa shape index (κ2) is 14.5. The van der Waals surface area contributed by atoms with Crippen LogP contribution in [-0.2, 0) is 9.47 Å². The van der Waals surface area contributed by atoms with Crippen LogP contribution in [0.4, 0.5) is 11.4 Å². The molecule has 5 N–H and O–H groups in total. The number of ether oxygens (including phenoxy) is 2. The molecule has 0 heterocycles. The summed E-state index contributed by atoms with van der Waals surface area (Å²) in [5, 5.41) is 36.6. The molecule has 1 aromatic carbocycles. The number of phenolic OH excluding ortho intramolecular Hbond substituents is 1. The average molecular weight is 385 g/mol. The minimum Gasteiger partial charge on any atom is -0.506 e. The number of anilines is 2. The van der Waals surface area contributed by atoms with Crippen molar-refractivity contribution in [1.29, 1.82) is 0 Å². The molecule has 0 aromatic heterocycles. The normalized spacial score (nSPS) is 13.3. The van der Waals surface area contributed by atoms with E-state index >= 15 is 0 Å². The summed E-state index contributed by atoms with van der Waals surface area (Å²) in [5.74, 6) is 0.112.